The summed E-state index contributed by atoms with van der Waals surface area (Å²) in [4.78, 5) is 32.2. The Balaban J connectivity index is 1.79. The van der Waals surface area contributed by atoms with Crippen molar-refractivity contribution in [2.24, 2.45) is 0 Å². The molecule has 0 saturated heterocycles. The van der Waals surface area contributed by atoms with Crippen LogP contribution >= 0.6 is 0 Å². The van der Waals surface area contributed by atoms with Crippen molar-refractivity contribution in [3.63, 3.8) is 0 Å². The summed E-state index contributed by atoms with van der Waals surface area (Å²) in [7, 11) is 1.52. The van der Waals surface area contributed by atoms with Crippen molar-refractivity contribution in [1.82, 2.24) is 9.97 Å². The lowest BCUT2D eigenvalue weighted by Crippen LogP contribution is -2.07. The first-order valence-electron chi connectivity index (χ1n) is 7.64. The van der Waals surface area contributed by atoms with Gasteiger partial charge in [0.05, 0.1) is 23.7 Å². The molecule has 0 aliphatic heterocycles. The quantitative estimate of drug-likeness (QED) is 0.526. The van der Waals surface area contributed by atoms with Crippen molar-refractivity contribution in [3.8, 4) is 5.75 Å². The SMILES string of the molecule is COc1ccc(C(C)=O)cc1COC(=O)c1ccc2nccnc2c1. The lowest BCUT2D eigenvalue weighted by Gasteiger charge is -2.11. The first-order valence-corrected chi connectivity index (χ1v) is 7.64. The minimum absolute atomic E-state index is 0.00162. The highest BCUT2D eigenvalue weighted by molar-refractivity contribution is 5.95. The van der Waals surface area contributed by atoms with Gasteiger partial charge in [0.2, 0.25) is 0 Å². The van der Waals surface area contributed by atoms with Crippen LogP contribution in [0.2, 0.25) is 0 Å². The summed E-state index contributed by atoms with van der Waals surface area (Å²) in [5, 5.41) is 0. The third-order valence-corrected chi connectivity index (χ3v) is 3.75. The number of nitrogens with zero attached hydrogens (tertiary/aromatic N) is 2. The van der Waals surface area contributed by atoms with Gasteiger partial charge in [0.15, 0.2) is 5.78 Å². The van der Waals surface area contributed by atoms with E-state index in [2.05, 4.69) is 9.97 Å². The second kappa shape index (κ2) is 7.09. The fourth-order valence-electron chi connectivity index (χ4n) is 2.43. The van der Waals surface area contributed by atoms with Crippen LogP contribution in [0.15, 0.2) is 48.8 Å². The molecule has 0 aliphatic rings. The molecule has 2 aromatic carbocycles. The van der Waals surface area contributed by atoms with Crippen LogP contribution in [0.25, 0.3) is 11.0 Å². The molecule has 0 N–H and O–H groups in total. The van der Waals surface area contributed by atoms with Gasteiger partial charge in [-0.2, -0.15) is 0 Å². The fraction of sp³-hybridized carbons (Fsp3) is 0.158. The Hall–Kier alpha value is -3.28. The number of carbonyl (C=O) groups is 2. The molecule has 1 heterocycles. The summed E-state index contributed by atoms with van der Waals surface area (Å²) in [5.74, 6) is 0.00773. The van der Waals surface area contributed by atoms with E-state index >= 15 is 0 Å². The highest BCUT2D eigenvalue weighted by Gasteiger charge is 2.12. The van der Waals surface area contributed by atoms with Crippen LogP contribution in [0.5, 0.6) is 5.75 Å². The third-order valence-electron chi connectivity index (χ3n) is 3.75. The van der Waals surface area contributed by atoms with Gasteiger partial charge < -0.3 is 9.47 Å². The van der Waals surface area contributed by atoms with Gasteiger partial charge in [-0.1, -0.05) is 0 Å². The van der Waals surface area contributed by atoms with Gasteiger partial charge in [0, 0.05) is 23.5 Å². The van der Waals surface area contributed by atoms with Gasteiger partial charge in [0.25, 0.3) is 0 Å². The second-order valence-corrected chi connectivity index (χ2v) is 5.42. The molecule has 126 valence electrons. The summed E-state index contributed by atoms with van der Waals surface area (Å²) < 4.78 is 10.6. The average Bonchev–Trinajstić information content (AvgIpc) is 2.65. The van der Waals surface area contributed by atoms with Crippen LogP contribution in [-0.2, 0) is 11.3 Å². The maximum Gasteiger partial charge on any atom is 0.338 e. The minimum Gasteiger partial charge on any atom is -0.496 e. The normalized spacial score (nSPS) is 10.5. The number of rotatable bonds is 5. The molecule has 0 radical (unpaired) electrons. The van der Waals surface area contributed by atoms with Crippen LogP contribution in [0.4, 0.5) is 0 Å². The van der Waals surface area contributed by atoms with Crippen LogP contribution in [0, 0.1) is 0 Å². The highest BCUT2D eigenvalue weighted by atomic mass is 16.5. The molecular weight excluding hydrogens is 320 g/mol. The number of benzene rings is 2. The van der Waals surface area contributed by atoms with Crippen molar-refractivity contribution in [2.45, 2.75) is 13.5 Å². The topological polar surface area (TPSA) is 78.4 Å². The highest BCUT2D eigenvalue weighted by Crippen LogP contribution is 2.22. The zero-order chi connectivity index (χ0) is 17.8. The Morgan fingerprint density at radius 2 is 1.68 bits per heavy atom. The molecule has 0 atom stereocenters. The van der Waals surface area contributed by atoms with Crippen LogP contribution in [-0.4, -0.2) is 28.8 Å². The number of aromatic nitrogens is 2. The van der Waals surface area contributed by atoms with Crippen LogP contribution < -0.4 is 4.74 Å². The Morgan fingerprint density at radius 1 is 0.960 bits per heavy atom. The number of ketones is 1. The first kappa shape index (κ1) is 16.6. The Morgan fingerprint density at radius 3 is 2.40 bits per heavy atom. The number of carbonyl (C=O) groups excluding carboxylic acids is 2. The van der Waals surface area contributed by atoms with E-state index in [1.54, 1.807) is 48.8 Å². The molecule has 25 heavy (non-hydrogen) atoms. The minimum atomic E-state index is -0.483. The molecule has 0 bridgehead atoms. The lowest BCUT2D eigenvalue weighted by atomic mass is 10.1. The summed E-state index contributed by atoms with van der Waals surface area (Å²) >= 11 is 0. The van der Waals surface area contributed by atoms with E-state index < -0.39 is 5.97 Å². The Kier molecular flexibility index (Phi) is 4.70. The monoisotopic (exact) mass is 336 g/mol. The molecule has 0 amide bonds. The average molecular weight is 336 g/mol. The largest absolute Gasteiger partial charge is 0.496 e. The lowest BCUT2D eigenvalue weighted by molar-refractivity contribution is 0.0470. The van der Waals surface area contributed by atoms with Crippen LogP contribution in [0.1, 0.15) is 33.2 Å². The smallest absolute Gasteiger partial charge is 0.338 e. The number of hydrogen-bond donors (Lipinski definition) is 0. The van der Waals surface area contributed by atoms with Gasteiger partial charge in [-0.15, -0.1) is 0 Å². The van der Waals surface area contributed by atoms with E-state index in [0.29, 0.717) is 33.5 Å². The van der Waals surface area contributed by atoms with Crippen molar-refractivity contribution < 1.29 is 19.1 Å². The van der Waals surface area contributed by atoms with Gasteiger partial charge in [-0.25, -0.2) is 4.79 Å². The van der Waals surface area contributed by atoms with E-state index in [-0.39, 0.29) is 12.4 Å². The molecule has 6 nitrogen and oxygen atoms in total. The maximum absolute atomic E-state index is 12.3. The van der Waals surface area contributed by atoms with Gasteiger partial charge in [-0.05, 0) is 43.3 Å². The fourth-order valence-corrected chi connectivity index (χ4v) is 2.43. The number of Topliss-reactive ketones (excluding diaryl/α,β-unsaturated/α-hetero) is 1. The zero-order valence-corrected chi connectivity index (χ0v) is 13.9. The first-order chi connectivity index (χ1) is 12.1. The van der Waals surface area contributed by atoms with Gasteiger partial charge >= 0.3 is 5.97 Å². The molecule has 3 aromatic rings. The van der Waals surface area contributed by atoms with Gasteiger partial charge in [0.1, 0.15) is 12.4 Å². The van der Waals surface area contributed by atoms with E-state index in [1.165, 1.54) is 14.0 Å². The third kappa shape index (κ3) is 3.63. The molecule has 0 aliphatic carbocycles. The van der Waals surface area contributed by atoms with Crippen molar-refractivity contribution >= 4 is 22.8 Å². The standard InChI is InChI=1S/C19H16N2O4/c1-12(22)13-4-6-18(24-2)15(9-13)11-25-19(23)14-3-5-16-17(10-14)21-8-7-20-16/h3-10H,11H2,1-2H3. The van der Waals surface area contributed by atoms with E-state index in [4.69, 9.17) is 9.47 Å². The predicted molar refractivity (Wildman–Crippen MR) is 91.7 cm³/mol. The Bertz CT molecular complexity index is 953. The maximum atomic E-state index is 12.3. The van der Waals surface area contributed by atoms with E-state index in [1.807, 2.05) is 0 Å². The molecule has 0 spiro atoms. The van der Waals surface area contributed by atoms with Crippen molar-refractivity contribution in [1.29, 1.82) is 0 Å². The van der Waals surface area contributed by atoms with Crippen molar-refractivity contribution in [3.05, 3.63) is 65.5 Å². The number of methoxy groups -OCH3 is 1. The number of ether oxygens (including phenoxy) is 2. The molecule has 3 rings (SSSR count). The molecular formula is C19H16N2O4. The summed E-state index contributed by atoms with van der Waals surface area (Å²) in [5.41, 5.74) is 2.87. The molecule has 6 heteroatoms. The second-order valence-electron chi connectivity index (χ2n) is 5.42. The number of esters is 1. The van der Waals surface area contributed by atoms with Crippen molar-refractivity contribution in [2.75, 3.05) is 7.11 Å². The molecule has 0 saturated carbocycles. The van der Waals surface area contributed by atoms with E-state index in [0.717, 1.165) is 0 Å². The molecule has 0 unspecified atom stereocenters. The zero-order valence-electron chi connectivity index (χ0n) is 13.9. The summed E-state index contributed by atoms with van der Waals surface area (Å²) in [6.07, 6.45) is 3.16. The summed E-state index contributed by atoms with van der Waals surface area (Å²) in [6, 6.07) is 10.0. The summed E-state index contributed by atoms with van der Waals surface area (Å²) in [6.45, 7) is 1.48. The molecule has 0 fully saturated rings. The van der Waals surface area contributed by atoms with E-state index in [9.17, 15) is 9.59 Å². The predicted octanol–water partition coefficient (Wildman–Crippen LogP) is 3.20. The molecule has 1 aromatic heterocycles. The van der Waals surface area contributed by atoms with Crippen LogP contribution in [0.3, 0.4) is 0 Å². The number of fused-ring (bicyclic) bond motifs is 1. The van der Waals surface area contributed by atoms with Gasteiger partial charge in [-0.3, -0.25) is 14.8 Å². The Labute approximate surface area is 144 Å². The number of hydrogen-bond acceptors (Lipinski definition) is 6.